The molecule has 1 heterocycles. The smallest absolute Gasteiger partial charge is 0.314 e. The van der Waals surface area contributed by atoms with E-state index in [4.69, 9.17) is 14.2 Å². The summed E-state index contributed by atoms with van der Waals surface area (Å²) in [5, 5.41) is 9.76. The highest BCUT2D eigenvalue weighted by Gasteiger charge is 2.50. The maximum absolute atomic E-state index is 12.5. The molecule has 1 aromatic carbocycles. The molecule has 0 atom stereocenters. The third-order valence-corrected chi connectivity index (χ3v) is 4.73. The van der Waals surface area contributed by atoms with Crippen LogP contribution in [0.5, 0.6) is 0 Å². The minimum absolute atomic E-state index is 0.198. The van der Waals surface area contributed by atoms with E-state index >= 15 is 0 Å². The zero-order chi connectivity index (χ0) is 15.5. The van der Waals surface area contributed by atoms with Gasteiger partial charge in [0.1, 0.15) is 6.61 Å². The van der Waals surface area contributed by atoms with Crippen LogP contribution in [-0.4, -0.2) is 36.7 Å². The van der Waals surface area contributed by atoms with Gasteiger partial charge in [-0.3, -0.25) is 4.79 Å². The Balaban J connectivity index is 1.60. The average molecular weight is 306 g/mol. The van der Waals surface area contributed by atoms with Gasteiger partial charge in [-0.05, 0) is 18.4 Å². The fraction of sp³-hybridized carbons (Fsp3) is 0.588. The van der Waals surface area contributed by atoms with Gasteiger partial charge in [-0.1, -0.05) is 30.3 Å². The molecule has 1 saturated heterocycles. The molecule has 120 valence electrons. The number of carbonyl (C=O) groups excluding carboxylic acids is 1. The van der Waals surface area contributed by atoms with E-state index < -0.39 is 11.2 Å². The standard InChI is InChI=1S/C17H22O5/c18-13-16(6-8-17(9-7-16)21-10-11-22-17)15(19)20-12-14-4-2-1-3-5-14/h1-5,18H,6-13H2. The van der Waals surface area contributed by atoms with Gasteiger partial charge in [0.15, 0.2) is 5.79 Å². The molecule has 1 aromatic rings. The van der Waals surface area contributed by atoms with Crippen molar-refractivity contribution in [1.29, 1.82) is 0 Å². The zero-order valence-corrected chi connectivity index (χ0v) is 12.6. The summed E-state index contributed by atoms with van der Waals surface area (Å²) in [6.45, 7) is 1.24. The van der Waals surface area contributed by atoms with Crippen molar-refractivity contribution in [3.05, 3.63) is 35.9 Å². The van der Waals surface area contributed by atoms with Crippen molar-refractivity contribution in [2.45, 2.75) is 38.1 Å². The number of carbonyl (C=O) groups is 1. The highest BCUT2D eigenvalue weighted by molar-refractivity contribution is 5.77. The first-order chi connectivity index (χ1) is 10.7. The molecule has 1 spiro atoms. The monoisotopic (exact) mass is 306 g/mol. The quantitative estimate of drug-likeness (QED) is 0.862. The van der Waals surface area contributed by atoms with Crippen LogP contribution in [0.15, 0.2) is 30.3 Å². The Hall–Kier alpha value is -1.43. The van der Waals surface area contributed by atoms with Crippen molar-refractivity contribution in [2.75, 3.05) is 19.8 Å². The lowest BCUT2D eigenvalue weighted by Crippen LogP contribution is -2.46. The average Bonchev–Trinajstić information content (AvgIpc) is 3.03. The van der Waals surface area contributed by atoms with Crippen LogP contribution in [0.2, 0.25) is 0 Å². The molecule has 0 radical (unpaired) electrons. The number of aliphatic hydroxyl groups excluding tert-OH is 1. The van der Waals surface area contributed by atoms with Crippen LogP contribution in [-0.2, 0) is 25.6 Å². The molecule has 0 aromatic heterocycles. The number of ether oxygens (including phenoxy) is 3. The van der Waals surface area contributed by atoms with Gasteiger partial charge < -0.3 is 19.3 Å². The molecule has 22 heavy (non-hydrogen) atoms. The van der Waals surface area contributed by atoms with Gasteiger partial charge in [0, 0.05) is 12.8 Å². The zero-order valence-electron chi connectivity index (χ0n) is 12.6. The Morgan fingerprint density at radius 3 is 2.32 bits per heavy atom. The summed E-state index contributed by atoms with van der Waals surface area (Å²) in [4.78, 5) is 12.5. The molecule has 2 aliphatic rings. The van der Waals surface area contributed by atoms with Crippen LogP contribution >= 0.6 is 0 Å². The normalized spacial score (nSPS) is 22.6. The van der Waals surface area contributed by atoms with Crippen LogP contribution in [0, 0.1) is 5.41 Å². The van der Waals surface area contributed by atoms with E-state index in [1.165, 1.54) is 0 Å². The van der Waals surface area contributed by atoms with E-state index in [-0.39, 0.29) is 19.2 Å². The molecular formula is C17H22O5. The SMILES string of the molecule is O=C(OCc1ccccc1)C1(CO)CCC2(CC1)OCCO2. The van der Waals surface area contributed by atoms with Crippen LogP contribution in [0.4, 0.5) is 0 Å². The van der Waals surface area contributed by atoms with Crippen molar-refractivity contribution in [1.82, 2.24) is 0 Å². The maximum Gasteiger partial charge on any atom is 0.314 e. The number of benzene rings is 1. The predicted molar refractivity (Wildman–Crippen MR) is 78.9 cm³/mol. The second-order valence-corrected chi connectivity index (χ2v) is 6.11. The van der Waals surface area contributed by atoms with E-state index in [1.54, 1.807) is 0 Å². The van der Waals surface area contributed by atoms with E-state index in [0.29, 0.717) is 38.9 Å². The van der Waals surface area contributed by atoms with Gasteiger partial charge in [0.2, 0.25) is 0 Å². The van der Waals surface area contributed by atoms with Crippen LogP contribution < -0.4 is 0 Å². The molecule has 0 bridgehead atoms. The van der Waals surface area contributed by atoms with Crippen molar-refractivity contribution in [3.8, 4) is 0 Å². The summed E-state index contributed by atoms with van der Waals surface area (Å²) in [6, 6.07) is 9.56. The van der Waals surface area contributed by atoms with Crippen LogP contribution in [0.3, 0.4) is 0 Å². The Bertz CT molecular complexity index is 497. The molecule has 1 N–H and O–H groups in total. The molecule has 0 unspecified atom stereocenters. The molecule has 5 heteroatoms. The second-order valence-electron chi connectivity index (χ2n) is 6.11. The van der Waals surface area contributed by atoms with Gasteiger partial charge in [-0.15, -0.1) is 0 Å². The lowest BCUT2D eigenvalue weighted by atomic mass is 9.72. The summed E-state index contributed by atoms with van der Waals surface area (Å²) in [6.07, 6.45) is 2.29. The van der Waals surface area contributed by atoms with E-state index in [0.717, 1.165) is 5.56 Å². The summed E-state index contributed by atoms with van der Waals surface area (Å²) >= 11 is 0. The van der Waals surface area contributed by atoms with Crippen LogP contribution in [0.25, 0.3) is 0 Å². The second kappa shape index (κ2) is 6.36. The van der Waals surface area contributed by atoms with Gasteiger partial charge in [-0.25, -0.2) is 0 Å². The summed E-state index contributed by atoms with van der Waals surface area (Å²) in [5.41, 5.74) is 0.119. The summed E-state index contributed by atoms with van der Waals surface area (Å²) < 4.78 is 16.8. The Labute approximate surface area is 130 Å². The fourth-order valence-electron chi connectivity index (χ4n) is 3.20. The first-order valence-electron chi connectivity index (χ1n) is 7.78. The van der Waals surface area contributed by atoms with E-state index in [1.807, 2.05) is 30.3 Å². The largest absolute Gasteiger partial charge is 0.460 e. The highest BCUT2D eigenvalue weighted by Crippen LogP contribution is 2.45. The lowest BCUT2D eigenvalue weighted by molar-refractivity contribution is -0.203. The minimum Gasteiger partial charge on any atom is -0.460 e. The molecule has 0 amide bonds. The molecule has 3 rings (SSSR count). The third-order valence-electron chi connectivity index (χ3n) is 4.73. The highest BCUT2D eigenvalue weighted by atomic mass is 16.7. The first kappa shape index (κ1) is 15.5. The topological polar surface area (TPSA) is 65.0 Å². The fourth-order valence-corrected chi connectivity index (χ4v) is 3.20. The van der Waals surface area contributed by atoms with Gasteiger partial charge >= 0.3 is 5.97 Å². The Kier molecular flexibility index (Phi) is 4.47. The molecular weight excluding hydrogens is 284 g/mol. The van der Waals surface area contributed by atoms with Crippen molar-refractivity contribution in [2.24, 2.45) is 5.41 Å². The first-order valence-corrected chi connectivity index (χ1v) is 7.78. The maximum atomic E-state index is 12.5. The molecule has 1 aliphatic heterocycles. The van der Waals surface area contributed by atoms with E-state index in [2.05, 4.69) is 0 Å². The Morgan fingerprint density at radius 2 is 1.73 bits per heavy atom. The van der Waals surface area contributed by atoms with Crippen molar-refractivity contribution < 1.29 is 24.1 Å². The van der Waals surface area contributed by atoms with Crippen molar-refractivity contribution in [3.63, 3.8) is 0 Å². The van der Waals surface area contributed by atoms with Crippen molar-refractivity contribution >= 4 is 5.97 Å². The Morgan fingerprint density at radius 1 is 1.09 bits per heavy atom. The summed E-state index contributed by atoms with van der Waals surface area (Å²) in [5.74, 6) is -0.870. The van der Waals surface area contributed by atoms with E-state index in [9.17, 15) is 9.90 Å². The number of hydrogen-bond acceptors (Lipinski definition) is 5. The molecule has 1 saturated carbocycles. The molecule has 1 aliphatic carbocycles. The number of esters is 1. The van der Waals surface area contributed by atoms with Gasteiger partial charge in [0.05, 0.1) is 25.2 Å². The lowest BCUT2D eigenvalue weighted by Gasteiger charge is -2.40. The third kappa shape index (κ3) is 3.02. The van der Waals surface area contributed by atoms with Gasteiger partial charge in [-0.2, -0.15) is 0 Å². The molecule has 2 fully saturated rings. The van der Waals surface area contributed by atoms with Crippen LogP contribution in [0.1, 0.15) is 31.2 Å². The predicted octanol–water partition coefficient (Wildman–Crippen LogP) is 2.03. The summed E-state index contributed by atoms with van der Waals surface area (Å²) in [7, 11) is 0. The minimum atomic E-state index is -0.824. The number of aliphatic hydroxyl groups is 1. The number of hydrogen-bond donors (Lipinski definition) is 1. The molecule has 5 nitrogen and oxygen atoms in total. The van der Waals surface area contributed by atoms with Gasteiger partial charge in [0.25, 0.3) is 0 Å². The number of rotatable bonds is 4.